The van der Waals surface area contributed by atoms with Crippen LogP contribution in [0.3, 0.4) is 0 Å². The second kappa shape index (κ2) is 6.80. The Balaban J connectivity index is 1.56. The third kappa shape index (κ3) is 2.97. The number of thiophene rings is 1. The average Bonchev–Trinajstić information content (AvgIpc) is 3.17. The molecule has 0 saturated heterocycles. The fourth-order valence-corrected chi connectivity index (χ4v) is 6.50. The Hall–Kier alpha value is -3.41. The van der Waals surface area contributed by atoms with Gasteiger partial charge in [-0.25, -0.2) is 8.42 Å². The molecule has 3 nitrogen and oxygen atoms in total. The molecule has 0 amide bonds. The molecule has 6 rings (SSSR count). The van der Waals surface area contributed by atoms with Crippen molar-refractivity contribution in [2.75, 3.05) is 4.72 Å². The molecule has 150 valence electrons. The third-order valence-corrected chi connectivity index (χ3v) is 8.24. The van der Waals surface area contributed by atoms with Crippen LogP contribution in [-0.2, 0) is 10.0 Å². The molecular weight excluding hydrogens is 422 g/mol. The van der Waals surface area contributed by atoms with Crippen LogP contribution in [0.2, 0.25) is 0 Å². The average molecular weight is 440 g/mol. The van der Waals surface area contributed by atoms with Crippen molar-refractivity contribution in [3.05, 3.63) is 97.1 Å². The van der Waals surface area contributed by atoms with E-state index >= 15 is 0 Å². The minimum Gasteiger partial charge on any atom is -0.279 e. The van der Waals surface area contributed by atoms with Crippen molar-refractivity contribution >= 4 is 68.8 Å². The molecule has 0 atom stereocenters. The van der Waals surface area contributed by atoms with E-state index in [0.29, 0.717) is 5.69 Å². The van der Waals surface area contributed by atoms with Gasteiger partial charge in [0, 0.05) is 30.9 Å². The molecule has 0 aliphatic carbocycles. The summed E-state index contributed by atoms with van der Waals surface area (Å²) in [4.78, 5) is 0.255. The molecule has 1 heterocycles. The quantitative estimate of drug-likeness (QED) is 0.318. The van der Waals surface area contributed by atoms with Crippen molar-refractivity contribution in [2.45, 2.75) is 4.90 Å². The third-order valence-electron chi connectivity index (χ3n) is 5.66. The van der Waals surface area contributed by atoms with Crippen molar-refractivity contribution in [2.24, 2.45) is 0 Å². The number of hydrogen-bond acceptors (Lipinski definition) is 3. The lowest BCUT2D eigenvalue weighted by Gasteiger charge is -2.12. The number of hydrogen-bond donors (Lipinski definition) is 1. The standard InChI is InChI=1S/C26H17NO2S2/c28-31(29,19-14-13-17-7-1-2-8-18(17)15-19)27-24-16-23-21-10-5-6-12-25(21)30-26(23)22-11-4-3-9-20(22)24/h1-16,27H. The molecular formula is C26H17NO2S2. The van der Waals surface area contributed by atoms with Crippen LogP contribution in [0.5, 0.6) is 0 Å². The van der Waals surface area contributed by atoms with E-state index in [0.717, 1.165) is 32.3 Å². The number of benzene rings is 5. The first kappa shape index (κ1) is 18.4. The van der Waals surface area contributed by atoms with Gasteiger partial charge in [0.05, 0.1) is 10.6 Å². The van der Waals surface area contributed by atoms with E-state index < -0.39 is 10.0 Å². The topological polar surface area (TPSA) is 46.2 Å². The summed E-state index contributed by atoms with van der Waals surface area (Å²) in [6.45, 7) is 0. The molecule has 0 radical (unpaired) electrons. The summed E-state index contributed by atoms with van der Waals surface area (Å²) in [5.74, 6) is 0. The summed E-state index contributed by atoms with van der Waals surface area (Å²) in [5, 5.41) is 6.06. The van der Waals surface area contributed by atoms with Crippen LogP contribution in [0.15, 0.2) is 102 Å². The fourth-order valence-electron chi connectivity index (χ4n) is 4.17. The van der Waals surface area contributed by atoms with Gasteiger partial charge in [0.25, 0.3) is 10.0 Å². The van der Waals surface area contributed by atoms with Crippen LogP contribution >= 0.6 is 11.3 Å². The largest absolute Gasteiger partial charge is 0.279 e. The maximum Gasteiger partial charge on any atom is 0.261 e. The lowest BCUT2D eigenvalue weighted by molar-refractivity contribution is 0.601. The van der Waals surface area contributed by atoms with Gasteiger partial charge in [-0.3, -0.25) is 4.72 Å². The molecule has 0 unspecified atom stereocenters. The van der Waals surface area contributed by atoms with E-state index in [1.807, 2.05) is 66.7 Å². The maximum absolute atomic E-state index is 13.3. The number of nitrogens with one attached hydrogen (secondary N) is 1. The number of fused-ring (bicyclic) bond motifs is 6. The summed E-state index contributed by atoms with van der Waals surface area (Å²) in [6.07, 6.45) is 0. The molecule has 6 aromatic rings. The zero-order valence-electron chi connectivity index (χ0n) is 16.4. The van der Waals surface area contributed by atoms with Gasteiger partial charge >= 0.3 is 0 Å². The fraction of sp³-hybridized carbons (Fsp3) is 0. The highest BCUT2D eigenvalue weighted by molar-refractivity contribution is 7.92. The highest BCUT2D eigenvalue weighted by atomic mass is 32.2. The molecule has 0 aliphatic rings. The van der Waals surface area contributed by atoms with Crippen molar-refractivity contribution in [3.8, 4) is 0 Å². The van der Waals surface area contributed by atoms with Gasteiger partial charge < -0.3 is 0 Å². The summed E-state index contributed by atoms with van der Waals surface area (Å²) in [5.41, 5.74) is 0.597. The van der Waals surface area contributed by atoms with E-state index in [4.69, 9.17) is 0 Å². The zero-order chi connectivity index (χ0) is 21.0. The minimum absolute atomic E-state index is 0.255. The predicted octanol–water partition coefficient (Wildman–Crippen LogP) is 7.16. The van der Waals surface area contributed by atoms with Gasteiger partial charge in [0.15, 0.2) is 0 Å². The Morgan fingerprint density at radius 1 is 0.613 bits per heavy atom. The molecule has 0 fully saturated rings. The first-order valence-electron chi connectivity index (χ1n) is 9.95. The normalized spacial score (nSPS) is 12.1. The highest BCUT2D eigenvalue weighted by Crippen LogP contribution is 2.41. The number of anilines is 1. The van der Waals surface area contributed by atoms with Crippen LogP contribution in [0, 0.1) is 0 Å². The molecule has 5 heteroatoms. The van der Waals surface area contributed by atoms with Crippen LogP contribution in [0.4, 0.5) is 5.69 Å². The SMILES string of the molecule is O=S(=O)(Nc1cc2c3ccccc3sc2c2ccccc12)c1ccc2ccccc2c1. The van der Waals surface area contributed by atoms with Crippen LogP contribution < -0.4 is 4.72 Å². The number of sulfonamides is 1. The first-order chi connectivity index (χ1) is 15.1. The maximum atomic E-state index is 13.3. The van der Waals surface area contributed by atoms with Gasteiger partial charge in [0.2, 0.25) is 0 Å². The molecule has 0 aliphatic heterocycles. The van der Waals surface area contributed by atoms with Crippen molar-refractivity contribution < 1.29 is 8.42 Å². The molecule has 1 N–H and O–H groups in total. The van der Waals surface area contributed by atoms with E-state index in [1.165, 1.54) is 9.40 Å². The lowest BCUT2D eigenvalue weighted by Crippen LogP contribution is -2.13. The van der Waals surface area contributed by atoms with E-state index in [9.17, 15) is 8.42 Å². The molecule has 1 aromatic heterocycles. The van der Waals surface area contributed by atoms with E-state index in [1.54, 1.807) is 23.5 Å². The van der Waals surface area contributed by atoms with Crippen molar-refractivity contribution in [1.82, 2.24) is 0 Å². The van der Waals surface area contributed by atoms with Gasteiger partial charge in [-0.2, -0.15) is 0 Å². The Bertz CT molecular complexity index is 1730. The molecule has 0 saturated carbocycles. The summed E-state index contributed by atoms with van der Waals surface area (Å²) in [7, 11) is -3.75. The summed E-state index contributed by atoms with van der Waals surface area (Å²) >= 11 is 1.74. The highest BCUT2D eigenvalue weighted by Gasteiger charge is 2.18. The van der Waals surface area contributed by atoms with Gasteiger partial charge in [0.1, 0.15) is 0 Å². The van der Waals surface area contributed by atoms with Crippen LogP contribution in [-0.4, -0.2) is 8.42 Å². The monoisotopic (exact) mass is 439 g/mol. The second-order valence-corrected chi connectivity index (χ2v) is 10.3. The van der Waals surface area contributed by atoms with Gasteiger partial charge in [-0.1, -0.05) is 72.8 Å². The second-order valence-electron chi connectivity index (χ2n) is 7.56. The zero-order valence-corrected chi connectivity index (χ0v) is 18.0. The van der Waals surface area contributed by atoms with Crippen molar-refractivity contribution in [3.63, 3.8) is 0 Å². The smallest absolute Gasteiger partial charge is 0.261 e. The van der Waals surface area contributed by atoms with Gasteiger partial charge in [-0.15, -0.1) is 11.3 Å². The van der Waals surface area contributed by atoms with Crippen molar-refractivity contribution in [1.29, 1.82) is 0 Å². The molecule has 0 spiro atoms. The predicted molar refractivity (Wildman–Crippen MR) is 132 cm³/mol. The Kier molecular flexibility index (Phi) is 4.03. The van der Waals surface area contributed by atoms with Gasteiger partial charge in [-0.05, 0) is 35.0 Å². The Morgan fingerprint density at radius 3 is 2.13 bits per heavy atom. The summed E-state index contributed by atoms with van der Waals surface area (Å²) in [6, 6.07) is 31.1. The lowest BCUT2D eigenvalue weighted by atomic mass is 10.0. The molecule has 5 aromatic carbocycles. The molecule has 0 bridgehead atoms. The van der Waals surface area contributed by atoms with Crippen LogP contribution in [0.25, 0.3) is 41.7 Å². The summed E-state index contributed by atoms with van der Waals surface area (Å²) < 4.78 is 31.9. The van der Waals surface area contributed by atoms with E-state index in [2.05, 4.69) is 22.9 Å². The van der Waals surface area contributed by atoms with Crippen LogP contribution in [0.1, 0.15) is 0 Å². The first-order valence-corrected chi connectivity index (χ1v) is 12.2. The molecule has 31 heavy (non-hydrogen) atoms. The Morgan fingerprint density at radius 2 is 1.29 bits per heavy atom. The van der Waals surface area contributed by atoms with E-state index in [-0.39, 0.29) is 4.90 Å². The number of rotatable bonds is 3. The Labute approximate surface area is 183 Å². The minimum atomic E-state index is -3.75.